The van der Waals surface area contributed by atoms with Gasteiger partial charge in [-0.05, 0) is 54.6 Å². The molecule has 2 N–H and O–H groups in total. The molecule has 2 amide bonds. The van der Waals surface area contributed by atoms with Gasteiger partial charge in [0.25, 0.3) is 5.91 Å². The minimum Gasteiger partial charge on any atom is -0.326 e. The Labute approximate surface area is 166 Å². The molecule has 0 atom stereocenters. The summed E-state index contributed by atoms with van der Waals surface area (Å²) in [5, 5.41) is 7.51. The van der Waals surface area contributed by atoms with Gasteiger partial charge in [-0.3, -0.25) is 14.4 Å². The zero-order valence-electron chi connectivity index (χ0n) is 15.0. The third kappa shape index (κ3) is 4.02. The van der Waals surface area contributed by atoms with Gasteiger partial charge < -0.3 is 10.6 Å². The number of anilines is 2. The minimum absolute atomic E-state index is 0.0396. The van der Waals surface area contributed by atoms with Gasteiger partial charge in [-0.15, -0.1) is 11.3 Å². The van der Waals surface area contributed by atoms with E-state index in [0.717, 1.165) is 12.8 Å². The summed E-state index contributed by atoms with van der Waals surface area (Å²) in [7, 11) is 0. The van der Waals surface area contributed by atoms with E-state index in [1.165, 1.54) is 11.3 Å². The van der Waals surface area contributed by atoms with Crippen molar-refractivity contribution in [1.82, 2.24) is 0 Å². The lowest BCUT2D eigenvalue weighted by molar-refractivity contribution is -0.117. The van der Waals surface area contributed by atoms with Crippen LogP contribution in [-0.4, -0.2) is 17.6 Å². The summed E-state index contributed by atoms with van der Waals surface area (Å²) in [4.78, 5) is 37.8. The van der Waals surface area contributed by atoms with Crippen molar-refractivity contribution in [3.63, 3.8) is 0 Å². The van der Waals surface area contributed by atoms with Crippen molar-refractivity contribution in [3.8, 4) is 0 Å². The normalized spacial score (nSPS) is 13.0. The van der Waals surface area contributed by atoms with E-state index >= 15 is 0 Å². The van der Waals surface area contributed by atoms with Crippen LogP contribution in [-0.2, 0) is 4.79 Å². The van der Waals surface area contributed by atoms with Gasteiger partial charge in [0.15, 0.2) is 0 Å². The molecule has 1 fully saturated rings. The fourth-order valence-corrected chi connectivity index (χ4v) is 3.52. The fourth-order valence-electron chi connectivity index (χ4n) is 2.84. The van der Waals surface area contributed by atoms with Gasteiger partial charge in [0, 0.05) is 22.9 Å². The highest BCUT2D eigenvalue weighted by molar-refractivity contribution is 7.12. The Hall–Kier alpha value is -3.25. The lowest BCUT2D eigenvalue weighted by atomic mass is 10.0. The smallest absolute Gasteiger partial charge is 0.256 e. The third-order valence-electron chi connectivity index (χ3n) is 4.52. The number of amides is 2. The van der Waals surface area contributed by atoms with E-state index in [9.17, 15) is 14.4 Å². The van der Waals surface area contributed by atoms with E-state index in [-0.39, 0.29) is 23.5 Å². The van der Waals surface area contributed by atoms with Crippen LogP contribution in [0.15, 0.2) is 66.0 Å². The van der Waals surface area contributed by atoms with Crippen molar-refractivity contribution >= 4 is 40.3 Å². The maximum absolute atomic E-state index is 12.7. The van der Waals surface area contributed by atoms with E-state index in [1.807, 2.05) is 11.4 Å². The SMILES string of the molecule is O=C(Nc1ccc(NC(=O)C2CC2)cc1)c1ccccc1C(=O)c1cccs1. The highest BCUT2D eigenvalue weighted by atomic mass is 32.1. The monoisotopic (exact) mass is 390 g/mol. The fraction of sp³-hybridized carbons (Fsp3) is 0.136. The zero-order valence-corrected chi connectivity index (χ0v) is 15.8. The molecule has 0 spiro atoms. The highest BCUT2D eigenvalue weighted by Gasteiger charge is 2.29. The number of rotatable bonds is 6. The molecular weight excluding hydrogens is 372 g/mol. The van der Waals surface area contributed by atoms with E-state index in [4.69, 9.17) is 0 Å². The molecule has 1 aromatic heterocycles. The molecule has 28 heavy (non-hydrogen) atoms. The molecule has 4 rings (SSSR count). The molecule has 6 heteroatoms. The average Bonchev–Trinajstić information content (AvgIpc) is 3.43. The summed E-state index contributed by atoms with van der Waals surface area (Å²) < 4.78 is 0. The molecule has 140 valence electrons. The van der Waals surface area contributed by atoms with Crippen molar-refractivity contribution in [2.75, 3.05) is 10.6 Å². The molecule has 1 saturated carbocycles. The summed E-state index contributed by atoms with van der Waals surface area (Å²) in [6, 6.07) is 17.3. The molecule has 0 radical (unpaired) electrons. The Kier molecular flexibility index (Phi) is 5.04. The number of carbonyl (C=O) groups excluding carboxylic acids is 3. The van der Waals surface area contributed by atoms with Crippen LogP contribution >= 0.6 is 11.3 Å². The van der Waals surface area contributed by atoms with Crippen LogP contribution < -0.4 is 10.6 Å². The summed E-state index contributed by atoms with van der Waals surface area (Å²) >= 11 is 1.35. The first-order valence-corrected chi connectivity index (χ1v) is 9.89. The Balaban J connectivity index is 1.48. The average molecular weight is 390 g/mol. The maximum Gasteiger partial charge on any atom is 0.256 e. The number of nitrogens with one attached hydrogen (secondary N) is 2. The first kappa shape index (κ1) is 18.1. The third-order valence-corrected chi connectivity index (χ3v) is 5.39. The van der Waals surface area contributed by atoms with Gasteiger partial charge in [0.2, 0.25) is 11.7 Å². The van der Waals surface area contributed by atoms with Gasteiger partial charge in [-0.2, -0.15) is 0 Å². The zero-order chi connectivity index (χ0) is 19.5. The highest BCUT2D eigenvalue weighted by Crippen LogP contribution is 2.30. The molecular formula is C22H18N2O3S. The largest absolute Gasteiger partial charge is 0.326 e. The second-order valence-electron chi connectivity index (χ2n) is 6.65. The molecule has 0 bridgehead atoms. The van der Waals surface area contributed by atoms with Crippen LogP contribution in [0.4, 0.5) is 11.4 Å². The second-order valence-corrected chi connectivity index (χ2v) is 7.59. The van der Waals surface area contributed by atoms with Crippen molar-refractivity contribution in [3.05, 3.63) is 82.0 Å². The van der Waals surface area contributed by atoms with Gasteiger partial charge >= 0.3 is 0 Å². The lowest BCUT2D eigenvalue weighted by Gasteiger charge is -2.10. The molecule has 1 aliphatic rings. The number of benzene rings is 2. The molecule has 1 aliphatic carbocycles. The van der Waals surface area contributed by atoms with Gasteiger partial charge in [-0.25, -0.2) is 0 Å². The first-order valence-electron chi connectivity index (χ1n) is 9.01. The van der Waals surface area contributed by atoms with Gasteiger partial charge in [0.1, 0.15) is 0 Å². The maximum atomic E-state index is 12.7. The predicted octanol–water partition coefficient (Wildman–Crippen LogP) is 4.58. The van der Waals surface area contributed by atoms with Crippen LogP contribution in [0.1, 0.15) is 38.4 Å². The second kappa shape index (κ2) is 7.78. The Morgan fingerprint density at radius 1 is 0.786 bits per heavy atom. The number of hydrogen-bond donors (Lipinski definition) is 2. The molecule has 1 heterocycles. The number of carbonyl (C=O) groups is 3. The summed E-state index contributed by atoms with van der Waals surface area (Å²) in [5.74, 6) is -0.344. The standard InChI is InChI=1S/C22H18N2O3S/c25-20(19-6-3-13-28-19)17-4-1-2-5-18(17)22(27)24-16-11-9-15(10-12-16)23-21(26)14-7-8-14/h1-6,9-14H,7-8H2,(H,23,26)(H,24,27). The van der Waals surface area contributed by atoms with Gasteiger partial charge in [0.05, 0.1) is 10.4 Å². The summed E-state index contributed by atoms with van der Waals surface area (Å²) in [6.07, 6.45) is 1.90. The van der Waals surface area contributed by atoms with Crippen LogP contribution in [0.3, 0.4) is 0 Å². The van der Waals surface area contributed by atoms with Crippen LogP contribution in [0.25, 0.3) is 0 Å². The van der Waals surface area contributed by atoms with Crippen LogP contribution in [0, 0.1) is 5.92 Å². The Morgan fingerprint density at radius 2 is 1.43 bits per heavy atom. The number of hydrogen-bond acceptors (Lipinski definition) is 4. The Morgan fingerprint density at radius 3 is 2.04 bits per heavy atom. The molecule has 0 unspecified atom stereocenters. The van der Waals surface area contributed by atoms with Crippen LogP contribution in [0.2, 0.25) is 0 Å². The van der Waals surface area contributed by atoms with E-state index in [0.29, 0.717) is 27.4 Å². The van der Waals surface area contributed by atoms with Crippen molar-refractivity contribution in [2.45, 2.75) is 12.8 Å². The minimum atomic E-state index is -0.352. The first-order chi connectivity index (χ1) is 13.6. The van der Waals surface area contributed by atoms with Crippen molar-refractivity contribution in [1.29, 1.82) is 0 Å². The lowest BCUT2D eigenvalue weighted by Crippen LogP contribution is -2.17. The quantitative estimate of drug-likeness (QED) is 0.605. The van der Waals surface area contributed by atoms with E-state index in [1.54, 1.807) is 54.6 Å². The topological polar surface area (TPSA) is 75.3 Å². The van der Waals surface area contributed by atoms with Crippen LogP contribution in [0.5, 0.6) is 0 Å². The Bertz CT molecular complexity index is 1020. The van der Waals surface area contributed by atoms with Crippen molar-refractivity contribution in [2.24, 2.45) is 5.92 Å². The molecule has 3 aromatic rings. The summed E-state index contributed by atoms with van der Waals surface area (Å²) in [6.45, 7) is 0. The van der Waals surface area contributed by atoms with Gasteiger partial charge in [-0.1, -0.05) is 24.3 Å². The van der Waals surface area contributed by atoms with Crippen molar-refractivity contribution < 1.29 is 14.4 Å². The molecule has 2 aromatic carbocycles. The summed E-state index contributed by atoms with van der Waals surface area (Å²) in [5.41, 5.74) is 1.98. The molecule has 5 nitrogen and oxygen atoms in total. The molecule has 0 saturated heterocycles. The molecule has 0 aliphatic heterocycles. The number of ketones is 1. The van der Waals surface area contributed by atoms with E-state index < -0.39 is 0 Å². The van der Waals surface area contributed by atoms with E-state index in [2.05, 4.69) is 10.6 Å². The predicted molar refractivity (Wildman–Crippen MR) is 110 cm³/mol. The number of thiophene rings is 1.